The van der Waals surface area contributed by atoms with Gasteiger partial charge in [-0.2, -0.15) is 13.2 Å². The van der Waals surface area contributed by atoms with Crippen LogP contribution in [0.1, 0.15) is 18.9 Å². The van der Waals surface area contributed by atoms with Crippen LogP contribution in [0.4, 0.5) is 13.2 Å². The summed E-state index contributed by atoms with van der Waals surface area (Å²) in [6, 6.07) is 8.19. The van der Waals surface area contributed by atoms with Crippen molar-refractivity contribution in [2.45, 2.75) is 19.5 Å². The van der Waals surface area contributed by atoms with Crippen molar-refractivity contribution in [3.05, 3.63) is 42.0 Å². The molecule has 108 valence electrons. The number of rotatable bonds is 5. The Morgan fingerprint density at radius 1 is 1.20 bits per heavy atom. The fourth-order valence-corrected chi connectivity index (χ4v) is 1.77. The fraction of sp³-hybridized carbons (Fsp3) is 0.286. The Kier molecular flexibility index (Phi) is 4.70. The van der Waals surface area contributed by atoms with Crippen LogP contribution in [0.3, 0.4) is 0 Å². The molecule has 1 unspecified atom stereocenters. The standard InChI is InChI=1S/C14H13F3O3/c1-2-13(12(19)20,14(15,16)17)11(18)9-8-10-6-4-3-5-7-10/h3-9H,2H2,1H3,(H,19,20). The van der Waals surface area contributed by atoms with Gasteiger partial charge < -0.3 is 5.11 Å². The van der Waals surface area contributed by atoms with Gasteiger partial charge in [-0.05, 0) is 18.1 Å². The highest BCUT2D eigenvalue weighted by molar-refractivity contribution is 6.11. The van der Waals surface area contributed by atoms with Crippen molar-refractivity contribution in [3.8, 4) is 0 Å². The number of allylic oxidation sites excluding steroid dienone is 1. The van der Waals surface area contributed by atoms with Crippen LogP contribution in [0.15, 0.2) is 36.4 Å². The Morgan fingerprint density at radius 3 is 2.15 bits per heavy atom. The van der Waals surface area contributed by atoms with Gasteiger partial charge in [-0.1, -0.05) is 43.3 Å². The molecular weight excluding hydrogens is 273 g/mol. The van der Waals surface area contributed by atoms with Crippen LogP contribution in [0, 0.1) is 5.41 Å². The lowest BCUT2D eigenvalue weighted by Gasteiger charge is -2.27. The first-order valence-electron chi connectivity index (χ1n) is 5.83. The maximum atomic E-state index is 13.0. The van der Waals surface area contributed by atoms with Crippen LogP contribution in [-0.2, 0) is 9.59 Å². The lowest BCUT2D eigenvalue weighted by molar-refractivity contribution is -0.226. The molecule has 1 rings (SSSR count). The van der Waals surface area contributed by atoms with Gasteiger partial charge in [0.05, 0.1) is 0 Å². The molecule has 0 aromatic heterocycles. The fourth-order valence-electron chi connectivity index (χ4n) is 1.77. The van der Waals surface area contributed by atoms with Crippen molar-refractivity contribution in [1.29, 1.82) is 0 Å². The van der Waals surface area contributed by atoms with Crippen molar-refractivity contribution in [3.63, 3.8) is 0 Å². The highest BCUT2D eigenvalue weighted by Gasteiger charge is 2.63. The zero-order valence-corrected chi connectivity index (χ0v) is 10.6. The third-order valence-electron chi connectivity index (χ3n) is 3.03. The number of carbonyl (C=O) groups excluding carboxylic acids is 1. The number of alkyl halides is 3. The van der Waals surface area contributed by atoms with E-state index in [-0.39, 0.29) is 0 Å². The molecular formula is C14H13F3O3. The smallest absolute Gasteiger partial charge is 0.412 e. The molecule has 0 aliphatic carbocycles. The molecule has 0 radical (unpaired) electrons. The van der Waals surface area contributed by atoms with Gasteiger partial charge >= 0.3 is 12.1 Å². The van der Waals surface area contributed by atoms with Gasteiger partial charge in [0, 0.05) is 0 Å². The number of carboxylic acids is 1. The summed E-state index contributed by atoms with van der Waals surface area (Å²) in [5.74, 6) is -3.67. The highest BCUT2D eigenvalue weighted by atomic mass is 19.4. The monoisotopic (exact) mass is 286 g/mol. The quantitative estimate of drug-likeness (QED) is 0.667. The second kappa shape index (κ2) is 5.90. The molecule has 0 saturated carbocycles. The summed E-state index contributed by atoms with van der Waals surface area (Å²) in [5, 5.41) is 8.85. The minimum atomic E-state index is -5.15. The maximum Gasteiger partial charge on any atom is 0.412 e. The Hall–Kier alpha value is -2.11. The van der Waals surface area contributed by atoms with E-state index in [0.29, 0.717) is 11.6 Å². The molecule has 1 aromatic rings. The maximum absolute atomic E-state index is 13.0. The van der Waals surface area contributed by atoms with Gasteiger partial charge in [0.1, 0.15) is 0 Å². The normalized spacial score (nSPS) is 15.0. The molecule has 0 heterocycles. The van der Waals surface area contributed by atoms with Gasteiger partial charge in [0.25, 0.3) is 0 Å². The van der Waals surface area contributed by atoms with Gasteiger partial charge in [-0.25, -0.2) is 0 Å². The van der Waals surface area contributed by atoms with Crippen molar-refractivity contribution in [2.24, 2.45) is 5.41 Å². The number of halogens is 3. The van der Waals surface area contributed by atoms with E-state index in [1.54, 1.807) is 30.3 Å². The van der Waals surface area contributed by atoms with E-state index in [0.717, 1.165) is 6.92 Å². The third-order valence-corrected chi connectivity index (χ3v) is 3.03. The van der Waals surface area contributed by atoms with Crippen LogP contribution >= 0.6 is 0 Å². The van der Waals surface area contributed by atoms with E-state index in [2.05, 4.69) is 0 Å². The summed E-state index contributed by atoms with van der Waals surface area (Å²) in [5.41, 5.74) is -2.88. The van der Waals surface area contributed by atoms with E-state index in [4.69, 9.17) is 5.11 Å². The van der Waals surface area contributed by atoms with Gasteiger partial charge in [0.15, 0.2) is 5.78 Å². The summed E-state index contributed by atoms with van der Waals surface area (Å²) in [4.78, 5) is 22.7. The Bertz CT molecular complexity index is 520. The van der Waals surface area contributed by atoms with Crippen LogP contribution in [-0.4, -0.2) is 23.0 Å². The van der Waals surface area contributed by atoms with Crippen molar-refractivity contribution in [2.75, 3.05) is 0 Å². The van der Waals surface area contributed by atoms with Crippen LogP contribution in [0.2, 0.25) is 0 Å². The Labute approximate surface area is 113 Å². The third kappa shape index (κ3) is 2.89. The molecule has 6 heteroatoms. The van der Waals surface area contributed by atoms with E-state index < -0.39 is 29.8 Å². The number of hydrogen-bond acceptors (Lipinski definition) is 2. The summed E-state index contributed by atoms with van der Waals surface area (Å²) in [7, 11) is 0. The van der Waals surface area contributed by atoms with Crippen molar-refractivity contribution < 1.29 is 27.9 Å². The molecule has 3 nitrogen and oxygen atoms in total. The molecule has 1 atom stereocenters. The molecule has 0 aliphatic rings. The van der Waals surface area contributed by atoms with Crippen LogP contribution in [0.5, 0.6) is 0 Å². The number of ketones is 1. The molecule has 0 bridgehead atoms. The first-order valence-corrected chi connectivity index (χ1v) is 5.83. The van der Waals surface area contributed by atoms with E-state index >= 15 is 0 Å². The average Bonchev–Trinajstić information content (AvgIpc) is 2.37. The lowest BCUT2D eigenvalue weighted by Crippen LogP contribution is -2.50. The molecule has 0 fully saturated rings. The Morgan fingerprint density at radius 2 is 1.75 bits per heavy atom. The minimum Gasteiger partial charge on any atom is -0.480 e. The van der Waals surface area contributed by atoms with Crippen molar-refractivity contribution >= 4 is 17.8 Å². The summed E-state index contributed by atoms with van der Waals surface area (Å²) in [6.45, 7) is 1.02. The van der Waals surface area contributed by atoms with Gasteiger partial charge in [0.2, 0.25) is 5.41 Å². The second-order valence-corrected chi connectivity index (χ2v) is 4.17. The number of benzene rings is 1. The number of carbonyl (C=O) groups is 2. The molecule has 0 saturated heterocycles. The predicted molar refractivity (Wildman–Crippen MR) is 66.9 cm³/mol. The molecule has 0 aliphatic heterocycles. The number of carboxylic acid groups (broad SMARTS) is 1. The molecule has 20 heavy (non-hydrogen) atoms. The zero-order chi connectivity index (χ0) is 15.4. The van der Waals surface area contributed by atoms with E-state index in [1.165, 1.54) is 6.08 Å². The topological polar surface area (TPSA) is 54.4 Å². The lowest BCUT2D eigenvalue weighted by atomic mass is 9.79. The first kappa shape index (κ1) is 15.9. The number of aliphatic carboxylic acids is 1. The van der Waals surface area contributed by atoms with E-state index in [1.807, 2.05) is 0 Å². The van der Waals surface area contributed by atoms with Crippen LogP contribution < -0.4 is 0 Å². The van der Waals surface area contributed by atoms with E-state index in [9.17, 15) is 22.8 Å². The molecule has 1 aromatic carbocycles. The molecule has 0 amide bonds. The average molecular weight is 286 g/mol. The minimum absolute atomic E-state index is 0.512. The highest BCUT2D eigenvalue weighted by Crippen LogP contribution is 2.42. The molecule has 1 N–H and O–H groups in total. The van der Waals surface area contributed by atoms with Crippen molar-refractivity contribution in [1.82, 2.24) is 0 Å². The Balaban J connectivity index is 3.14. The summed E-state index contributed by atoms with van der Waals surface area (Å²) < 4.78 is 38.9. The largest absolute Gasteiger partial charge is 0.480 e. The zero-order valence-electron chi connectivity index (χ0n) is 10.6. The summed E-state index contributed by atoms with van der Waals surface area (Å²) >= 11 is 0. The van der Waals surface area contributed by atoms with Crippen LogP contribution in [0.25, 0.3) is 6.08 Å². The first-order chi connectivity index (χ1) is 9.25. The second-order valence-electron chi connectivity index (χ2n) is 4.17. The molecule has 0 spiro atoms. The number of hydrogen-bond donors (Lipinski definition) is 1. The van der Waals surface area contributed by atoms with Gasteiger partial charge in [-0.15, -0.1) is 0 Å². The SMILES string of the molecule is CCC(C(=O)O)(C(=O)C=Cc1ccccc1)C(F)(F)F. The predicted octanol–water partition coefficient (Wildman–Crippen LogP) is 3.31. The van der Waals surface area contributed by atoms with Gasteiger partial charge in [-0.3, -0.25) is 9.59 Å². The summed E-state index contributed by atoms with van der Waals surface area (Å²) in [6.07, 6.45) is -4.17.